The van der Waals surface area contributed by atoms with Gasteiger partial charge in [-0.25, -0.2) is 4.39 Å². The number of nitrogen functional groups attached to an aromatic ring is 1. The van der Waals surface area contributed by atoms with Crippen molar-refractivity contribution < 1.29 is 4.39 Å². The number of rotatable bonds is 1. The van der Waals surface area contributed by atoms with Crippen molar-refractivity contribution in [3.8, 4) is 0 Å². The van der Waals surface area contributed by atoms with Crippen LogP contribution in [0.4, 0.5) is 10.1 Å². The number of hydrazine groups is 1. The molecular weight excluding hydrogens is 130 g/mol. The van der Waals surface area contributed by atoms with Crippen LogP contribution in [0.1, 0.15) is 0 Å². The topological polar surface area (TPSA) is 38.0 Å². The first-order valence-electron chi connectivity index (χ1n) is 2.97. The van der Waals surface area contributed by atoms with Crippen LogP contribution in [0.3, 0.4) is 0 Å². The van der Waals surface area contributed by atoms with Crippen LogP contribution in [0.5, 0.6) is 0 Å². The van der Waals surface area contributed by atoms with Gasteiger partial charge in [0.1, 0.15) is 13.7 Å². The van der Waals surface area contributed by atoms with Gasteiger partial charge < -0.3 is 5.43 Å². The first-order valence-corrected chi connectivity index (χ1v) is 2.97. The quantitative estimate of drug-likeness (QED) is 0.308. The molecule has 4 heteroatoms. The van der Waals surface area contributed by atoms with Gasteiger partial charge in [0.15, 0.2) is 0 Å². The highest BCUT2D eigenvalue weighted by molar-refractivity contribution is 6.35. The number of halogens is 1. The summed E-state index contributed by atoms with van der Waals surface area (Å²) in [6.07, 6.45) is 0. The molecule has 0 atom stereocenters. The zero-order valence-corrected chi connectivity index (χ0v) is 5.69. The van der Waals surface area contributed by atoms with Crippen molar-refractivity contribution in [2.45, 2.75) is 0 Å². The highest BCUT2D eigenvalue weighted by Gasteiger charge is 1.95. The highest BCUT2D eigenvalue weighted by atomic mass is 19.1. The van der Waals surface area contributed by atoms with Gasteiger partial charge in [-0.15, -0.1) is 0 Å². The van der Waals surface area contributed by atoms with Crippen LogP contribution in [0.2, 0.25) is 0 Å². The summed E-state index contributed by atoms with van der Waals surface area (Å²) in [5.41, 5.74) is 4.01. The fourth-order valence-corrected chi connectivity index (χ4v) is 0.789. The summed E-state index contributed by atoms with van der Waals surface area (Å²) in [6.45, 7) is 0. The van der Waals surface area contributed by atoms with E-state index < -0.39 is 0 Å². The Kier molecular flexibility index (Phi) is 1.92. The lowest BCUT2D eigenvalue weighted by molar-refractivity contribution is 0.629. The van der Waals surface area contributed by atoms with E-state index >= 15 is 0 Å². The van der Waals surface area contributed by atoms with Crippen LogP contribution in [0, 0.1) is 5.82 Å². The van der Waals surface area contributed by atoms with Gasteiger partial charge in [0.25, 0.3) is 0 Å². The standard InChI is InChI=1S/C6H8BFN2/c7-5-3-4(8)1-2-6(5)10-9/h1-3,10H,7,9H2. The van der Waals surface area contributed by atoms with E-state index in [4.69, 9.17) is 5.84 Å². The average Bonchev–Trinajstić information content (AvgIpc) is 1.88. The van der Waals surface area contributed by atoms with E-state index in [0.29, 0.717) is 0 Å². The van der Waals surface area contributed by atoms with Crippen LogP contribution in [0.25, 0.3) is 0 Å². The molecule has 0 amide bonds. The fraction of sp³-hybridized carbons (Fsp3) is 0. The Hall–Kier alpha value is -1.03. The van der Waals surface area contributed by atoms with Crippen molar-refractivity contribution in [3.63, 3.8) is 0 Å². The van der Waals surface area contributed by atoms with Crippen LogP contribution >= 0.6 is 0 Å². The maximum Gasteiger partial charge on any atom is 0.142 e. The minimum atomic E-state index is -0.239. The molecule has 0 radical (unpaired) electrons. The van der Waals surface area contributed by atoms with Gasteiger partial charge in [0.2, 0.25) is 0 Å². The number of hydrogen-bond donors (Lipinski definition) is 2. The summed E-state index contributed by atoms with van der Waals surface area (Å²) in [6, 6.07) is 4.39. The Morgan fingerprint density at radius 1 is 1.50 bits per heavy atom. The zero-order chi connectivity index (χ0) is 7.56. The Morgan fingerprint density at radius 2 is 2.20 bits per heavy atom. The normalized spacial score (nSPS) is 9.40. The monoisotopic (exact) mass is 138 g/mol. The van der Waals surface area contributed by atoms with Gasteiger partial charge in [-0.3, -0.25) is 5.84 Å². The molecule has 0 aliphatic rings. The van der Waals surface area contributed by atoms with Gasteiger partial charge in [0.05, 0.1) is 0 Å². The van der Waals surface area contributed by atoms with Crippen molar-refractivity contribution in [3.05, 3.63) is 24.0 Å². The van der Waals surface area contributed by atoms with Gasteiger partial charge in [-0.1, -0.05) is 5.46 Å². The third kappa shape index (κ3) is 1.27. The first-order chi connectivity index (χ1) is 4.74. The van der Waals surface area contributed by atoms with Crippen molar-refractivity contribution in [2.75, 3.05) is 5.43 Å². The average molecular weight is 138 g/mol. The smallest absolute Gasteiger partial charge is 0.142 e. The van der Waals surface area contributed by atoms with Crippen molar-refractivity contribution in [2.24, 2.45) is 5.84 Å². The Morgan fingerprint density at radius 3 is 2.70 bits per heavy atom. The Labute approximate surface area is 59.6 Å². The van der Waals surface area contributed by atoms with Crippen molar-refractivity contribution >= 4 is 19.0 Å². The van der Waals surface area contributed by atoms with Crippen molar-refractivity contribution in [1.82, 2.24) is 0 Å². The molecule has 0 saturated carbocycles. The number of anilines is 1. The van der Waals surface area contributed by atoms with E-state index in [0.717, 1.165) is 11.2 Å². The molecule has 0 aliphatic carbocycles. The van der Waals surface area contributed by atoms with E-state index in [-0.39, 0.29) is 5.82 Å². The van der Waals surface area contributed by atoms with E-state index in [1.165, 1.54) is 12.1 Å². The summed E-state index contributed by atoms with van der Waals surface area (Å²) in [5.74, 6) is 4.89. The molecule has 2 nitrogen and oxygen atoms in total. The minimum Gasteiger partial charge on any atom is -0.325 e. The summed E-state index contributed by atoms with van der Waals surface area (Å²) in [5, 5.41) is 0. The Bertz CT molecular complexity index is 239. The fourth-order valence-electron chi connectivity index (χ4n) is 0.789. The lowest BCUT2D eigenvalue weighted by atomic mass is 9.94. The zero-order valence-electron chi connectivity index (χ0n) is 5.69. The number of benzene rings is 1. The molecule has 0 aromatic heterocycles. The van der Waals surface area contributed by atoms with E-state index in [9.17, 15) is 4.39 Å². The van der Waals surface area contributed by atoms with E-state index in [1.54, 1.807) is 13.9 Å². The lowest BCUT2D eigenvalue weighted by Crippen LogP contribution is -2.17. The molecule has 0 bridgehead atoms. The number of nitrogens with one attached hydrogen (secondary N) is 1. The van der Waals surface area contributed by atoms with Crippen LogP contribution < -0.4 is 16.7 Å². The van der Waals surface area contributed by atoms with Gasteiger partial charge in [-0.2, -0.15) is 0 Å². The van der Waals surface area contributed by atoms with Gasteiger partial charge in [-0.05, 0) is 18.2 Å². The third-order valence-corrected chi connectivity index (χ3v) is 1.34. The molecule has 1 aromatic rings. The lowest BCUT2D eigenvalue weighted by Gasteiger charge is -2.02. The van der Waals surface area contributed by atoms with Gasteiger partial charge in [0, 0.05) is 5.69 Å². The summed E-state index contributed by atoms with van der Waals surface area (Å²) >= 11 is 0. The summed E-state index contributed by atoms with van der Waals surface area (Å²) < 4.78 is 12.4. The molecule has 0 fully saturated rings. The molecule has 0 saturated heterocycles. The number of hydrogen-bond acceptors (Lipinski definition) is 2. The molecular formula is C6H8BFN2. The second-order valence-corrected chi connectivity index (χ2v) is 2.10. The van der Waals surface area contributed by atoms with Crippen molar-refractivity contribution in [1.29, 1.82) is 0 Å². The van der Waals surface area contributed by atoms with Crippen LogP contribution in [-0.2, 0) is 0 Å². The van der Waals surface area contributed by atoms with Crippen LogP contribution in [-0.4, -0.2) is 7.85 Å². The van der Waals surface area contributed by atoms with E-state index in [2.05, 4.69) is 5.43 Å². The molecule has 0 unspecified atom stereocenters. The van der Waals surface area contributed by atoms with Crippen LogP contribution in [0.15, 0.2) is 18.2 Å². The molecule has 52 valence electrons. The number of nitrogens with two attached hydrogens (primary N) is 1. The molecule has 1 rings (SSSR count). The first kappa shape index (κ1) is 7.09. The predicted molar refractivity (Wildman–Crippen MR) is 42.4 cm³/mol. The highest BCUT2D eigenvalue weighted by Crippen LogP contribution is 2.01. The third-order valence-electron chi connectivity index (χ3n) is 1.34. The summed E-state index contributed by atoms with van der Waals surface area (Å²) in [4.78, 5) is 0. The largest absolute Gasteiger partial charge is 0.325 e. The summed E-state index contributed by atoms with van der Waals surface area (Å²) in [7, 11) is 1.79. The predicted octanol–water partition coefficient (Wildman–Crippen LogP) is -0.630. The minimum absolute atomic E-state index is 0.239. The second kappa shape index (κ2) is 2.71. The molecule has 1 aromatic carbocycles. The maximum absolute atomic E-state index is 12.4. The molecule has 0 spiro atoms. The molecule has 0 heterocycles. The Balaban J connectivity index is 3.07. The molecule has 0 aliphatic heterocycles. The molecule has 3 N–H and O–H groups in total. The maximum atomic E-state index is 12.4. The van der Waals surface area contributed by atoms with Gasteiger partial charge >= 0.3 is 0 Å². The SMILES string of the molecule is Bc1cc(F)ccc1NN. The molecule has 10 heavy (non-hydrogen) atoms. The van der Waals surface area contributed by atoms with E-state index in [1.807, 2.05) is 0 Å². The second-order valence-electron chi connectivity index (χ2n) is 2.10.